The Hall–Kier alpha value is -3.62. The van der Waals surface area contributed by atoms with Gasteiger partial charge < -0.3 is 33.9 Å². The second kappa shape index (κ2) is 8.17. The molecule has 2 N–H and O–H groups in total. The zero-order valence-corrected chi connectivity index (χ0v) is 15.1. The molecule has 0 saturated carbocycles. The molecule has 0 saturated heterocycles. The third-order valence-corrected chi connectivity index (χ3v) is 3.65. The Bertz CT molecular complexity index is 802. The van der Waals surface area contributed by atoms with E-state index in [1.165, 1.54) is 52.7 Å². The highest BCUT2D eigenvalue weighted by Gasteiger charge is 2.21. The molecule has 0 aliphatic heterocycles. The zero-order chi connectivity index (χ0) is 20.1. The molecule has 9 nitrogen and oxygen atoms in total. The van der Waals surface area contributed by atoms with Crippen LogP contribution in [0.4, 0.5) is 0 Å². The molecule has 2 rings (SSSR count). The molecule has 2 aromatic rings. The van der Waals surface area contributed by atoms with Crippen molar-refractivity contribution in [3.8, 4) is 34.5 Å². The molecule has 0 bridgehead atoms. The molecule has 0 unspecified atom stereocenters. The van der Waals surface area contributed by atoms with Crippen molar-refractivity contribution in [1.82, 2.24) is 0 Å². The molecular formula is C18H18O9. The maximum Gasteiger partial charge on any atom is 0.339 e. The van der Waals surface area contributed by atoms with E-state index in [0.717, 1.165) is 0 Å². The van der Waals surface area contributed by atoms with Crippen LogP contribution in [0.15, 0.2) is 24.3 Å². The fourth-order valence-corrected chi connectivity index (χ4v) is 2.35. The molecule has 0 spiro atoms. The summed E-state index contributed by atoms with van der Waals surface area (Å²) in [6, 6.07) is 5.13. The van der Waals surface area contributed by atoms with Gasteiger partial charge in [-0.3, -0.25) is 0 Å². The van der Waals surface area contributed by atoms with E-state index in [1.54, 1.807) is 0 Å². The number of aromatic carboxylic acids is 2. The van der Waals surface area contributed by atoms with Gasteiger partial charge in [0.2, 0.25) is 0 Å². The molecule has 0 fully saturated rings. The van der Waals surface area contributed by atoms with Gasteiger partial charge in [-0.05, 0) is 0 Å². The normalized spacial score (nSPS) is 10.1. The van der Waals surface area contributed by atoms with Crippen LogP contribution in [0.5, 0.6) is 34.5 Å². The molecule has 2 aromatic carbocycles. The van der Waals surface area contributed by atoms with Crippen LogP contribution in [0.2, 0.25) is 0 Å². The van der Waals surface area contributed by atoms with Crippen LogP contribution in [0.3, 0.4) is 0 Å². The Morgan fingerprint density at radius 2 is 0.926 bits per heavy atom. The van der Waals surface area contributed by atoms with Crippen LogP contribution in [-0.2, 0) is 0 Å². The number of carboxylic acid groups (broad SMARTS) is 2. The lowest BCUT2D eigenvalue weighted by Crippen LogP contribution is -2.04. The van der Waals surface area contributed by atoms with Gasteiger partial charge in [-0.1, -0.05) is 0 Å². The number of rotatable bonds is 8. The second-order valence-electron chi connectivity index (χ2n) is 5.12. The summed E-state index contributed by atoms with van der Waals surface area (Å²) in [6.45, 7) is 0. The lowest BCUT2D eigenvalue weighted by Gasteiger charge is -2.17. The van der Waals surface area contributed by atoms with E-state index in [4.69, 9.17) is 23.7 Å². The van der Waals surface area contributed by atoms with Gasteiger partial charge in [0.05, 0.1) is 28.4 Å². The van der Waals surface area contributed by atoms with Gasteiger partial charge in [-0.25, -0.2) is 9.59 Å². The number of hydrogen-bond donors (Lipinski definition) is 2. The zero-order valence-electron chi connectivity index (χ0n) is 15.1. The van der Waals surface area contributed by atoms with Crippen molar-refractivity contribution in [3.63, 3.8) is 0 Å². The Morgan fingerprint density at radius 1 is 0.593 bits per heavy atom. The van der Waals surface area contributed by atoms with Gasteiger partial charge in [0.1, 0.15) is 22.6 Å². The highest BCUT2D eigenvalue weighted by molar-refractivity contribution is 5.93. The van der Waals surface area contributed by atoms with Crippen molar-refractivity contribution >= 4 is 11.9 Å². The van der Waals surface area contributed by atoms with E-state index >= 15 is 0 Å². The minimum Gasteiger partial charge on any atom is -0.496 e. The van der Waals surface area contributed by atoms with Gasteiger partial charge in [-0.2, -0.15) is 0 Å². The van der Waals surface area contributed by atoms with Crippen LogP contribution < -0.4 is 23.7 Å². The maximum absolute atomic E-state index is 11.4. The summed E-state index contributed by atoms with van der Waals surface area (Å²) in [6.07, 6.45) is 0. The van der Waals surface area contributed by atoms with E-state index < -0.39 is 11.9 Å². The number of hydrogen-bond acceptors (Lipinski definition) is 7. The lowest BCUT2D eigenvalue weighted by molar-refractivity contribution is 0.0682. The summed E-state index contributed by atoms with van der Waals surface area (Å²) in [4.78, 5) is 22.9. The van der Waals surface area contributed by atoms with E-state index in [2.05, 4.69) is 0 Å². The predicted molar refractivity (Wildman–Crippen MR) is 93.1 cm³/mol. The Labute approximate surface area is 154 Å². The Balaban J connectivity index is 2.61. The fraction of sp³-hybridized carbons (Fsp3) is 0.222. The number of ether oxygens (including phenoxy) is 5. The average Bonchev–Trinajstić information content (AvgIpc) is 2.66. The van der Waals surface area contributed by atoms with E-state index in [-0.39, 0.29) is 45.6 Å². The first-order valence-corrected chi connectivity index (χ1v) is 7.52. The summed E-state index contributed by atoms with van der Waals surface area (Å²) >= 11 is 0. The third kappa shape index (κ3) is 3.97. The van der Waals surface area contributed by atoms with E-state index in [0.29, 0.717) is 0 Å². The van der Waals surface area contributed by atoms with Crippen molar-refractivity contribution in [2.24, 2.45) is 0 Å². The van der Waals surface area contributed by atoms with Gasteiger partial charge in [0.25, 0.3) is 0 Å². The summed E-state index contributed by atoms with van der Waals surface area (Å²) < 4.78 is 26.2. The van der Waals surface area contributed by atoms with Crippen LogP contribution in [0.1, 0.15) is 20.7 Å². The number of methoxy groups -OCH3 is 4. The van der Waals surface area contributed by atoms with Crippen LogP contribution >= 0.6 is 0 Å². The summed E-state index contributed by atoms with van der Waals surface area (Å²) in [5.74, 6) is -1.84. The number of carboxylic acids is 2. The minimum atomic E-state index is -1.23. The van der Waals surface area contributed by atoms with Gasteiger partial charge in [0.15, 0.2) is 23.0 Å². The van der Waals surface area contributed by atoms with Gasteiger partial charge >= 0.3 is 11.9 Å². The second-order valence-corrected chi connectivity index (χ2v) is 5.12. The number of carbonyl (C=O) groups is 2. The van der Waals surface area contributed by atoms with Gasteiger partial charge in [-0.15, -0.1) is 0 Å². The van der Waals surface area contributed by atoms with Crippen LogP contribution in [-0.4, -0.2) is 50.6 Å². The highest BCUT2D eigenvalue weighted by atomic mass is 16.5. The molecule has 0 aliphatic carbocycles. The SMILES string of the molecule is COc1cc(OC)c(C(=O)O)cc1Oc1cc(C(=O)O)c(OC)cc1OC. The molecule has 9 heteroatoms. The van der Waals surface area contributed by atoms with Crippen LogP contribution in [0.25, 0.3) is 0 Å². The highest BCUT2D eigenvalue weighted by Crippen LogP contribution is 2.42. The summed E-state index contributed by atoms with van der Waals surface area (Å²) in [5, 5.41) is 18.7. The molecule has 0 heterocycles. The van der Waals surface area contributed by atoms with Crippen LogP contribution in [0, 0.1) is 0 Å². The fourth-order valence-electron chi connectivity index (χ4n) is 2.35. The molecule has 0 atom stereocenters. The first-order valence-electron chi connectivity index (χ1n) is 7.52. The molecule has 0 aromatic heterocycles. The van der Waals surface area contributed by atoms with E-state index in [1.807, 2.05) is 0 Å². The lowest BCUT2D eigenvalue weighted by atomic mass is 10.1. The van der Waals surface area contributed by atoms with Gasteiger partial charge in [0, 0.05) is 24.3 Å². The van der Waals surface area contributed by atoms with Crippen molar-refractivity contribution < 1.29 is 43.5 Å². The largest absolute Gasteiger partial charge is 0.496 e. The predicted octanol–water partition coefficient (Wildman–Crippen LogP) is 2.91. The maximum atomic E-state index is 11.4. The molecule has 0 amide bonds. The van der Waals surface area contributed by atoms with E-state index in [9.17, 15) is 19.8 Å². The average molecular weight is 378 g/mol. The summed E-state index contributed by atoms with van der Waals surface area (Å²) in [5.41, 5.74) is -0.307. The van der Waals surface area contributed by atoms with Crippen molar-refractivity contribution in [2.75, 3.05) is 28.4 Å². The number of benzene rings is 2. The molecule has 0 aliphatic rings. The quantitative estimate of drug-likeness (QED) is 0.714. The molecule has 0 radical (unpaired) electrons. The molecule has 27 heavy (non-hydrogen) atoms. The first kappa shape index (κ1) is 19.7. The van der Waals surface area contributed by atoms with Crippen molar-refractivity contribution in [2.45, 2.75) is 0 Å². The van der Waals surface area contributed by atoms with Crippen molar-refractivity contribution in [3.05, 3.63) is 35.4 Å². The first-order chi connectivity index (χ1) is 12.9. The molecule has 144 valence electrons. The third-order valence-electron chi connectivity index (χ3n) is 3.65. The standard InChI is InChI=1S/C18H18O9/c1-23-11-7-13(25-3)15(5-9(11)17(19)20)27-16-6-10(18(21)22)12(24-2)8-14(16)26-4/h5-8H,1-4H3,(H,19,20)(H,21,22). The van der Waals surface area contributed by atoms with Crippen molar-refractivity contribution in [1.29, 1.82) is 0 Å². The summed E-state index contributed by atoms with van der Waals surface area (Å²) in [7, 11) is 5.40. The monoisotopic (exact) mass is 378 g/mol. The molecular weight excluding hydrogens is 360 g/mol. The Kier molecular flexibility index (Phi) is 5.96. The smallest absolute Gasteiger partial charge is 0.339 e. The Morgan fingerprint density at radius 3 is 1.19 bits per heavy atom. The topological polar surface area (TPSA) is 121 Å². The minimum absolute atomic E-state index is 0.0375.